The molecule has 7 heteroatoms. The largest absolute Gasteiger partial charge is 0.476 e. The van der Waals surface area contributed by atoms with Crippen LogP contribution in [0, 0.1) is 5.82 Å². The summed E-state index contributed by atoms with van der Waals surface area (Å²) in [5.74, 6) is -1.10. The molecule has 1 aliphatic heterocycles. The SMILES string of the molecule is C=CCn1nc(C(=O)O)c2c1CC[C@H](N1CCN(Cc3ccccc3F)CC1)C2. The first-order valence-electron chi connectivity index (χ1n) is 10.2. The van der Waals surface area contributed by atoms with E-state index in [9.17, 15) is 14.3 Å². The summed E-state index contributed by atoms with van der Waals surface area (Å²) >= 11 is 0. The van der Waals surface area contributed by atoms with E-state index < -0.39 is 5.97 Å². The van der Waals surface area contributed by atoms with E-state index in [1.54, 1.807) is 16.8 Å². The van der Waals surface area contributed by atoms with E-state index in [0.29, 0.717) is 19.1 Å². The molecule has 0 radical (unpaired) electrons. The molecule has 1 aromatic heterocycles. The van der Waals surface area contributed by atoms with Crippen LogP contribution in [0.15, 0.2) is 36.9 Å². The van der Waals surface area contributed by atoms with Gasteiger partial charge >= 0.3 is 5.97 Å². The molecule has 1 N–H and O–H groups in total. The smallest absolute Gasteiger partial charge is 0.356 e. The summed E-state index contributed by atoms with van der Waals surface area (Å²) in [5, 5.41) is 13.9. The van der Waals surface area contributed by atoms with Crippen LogP contribution in [-0.2, 0) is 25.9 Å². The zero-order valence-corrected chi connectivity index (χ0v) is 16.6. The van der Waals surface area contributed by atoms with Crippen molar-refractivity contribution in [3.63, 3.8) is 0 Å². The van der Waals surface area contributed by atoms with Gasteiger partial charge in [0.25, 0.3) is 0 Å². The molecule has 4 rings (SSSR count). The van der Waals surface area contributed by atoms with Crippen molar-refractivity contribution in [2.45, 2.75) is 38.4 Å². The summed E-state index contributed by atoms with van der Waals surface area (Å²) in [6, 6.07) is 7.28. The highest BCUT2D eigenvalue weighted by molar-refractivity contribution is 5.87. The Balaban J connectivity index is 1.40. The van der Waals surface area contributed by atoms with Crippen LogP contribution in [0.4, 0.5) is 4.39 Å². The number of rotatable bonds is 6. The zero-order chi connectivity index (χ0) is 20.4. The molecule has 1 aliphatic carbocycles. The number of aromatic carboxylic acids is 1. The number of carboxylic acid groups (broad SMARTS) is 1. The lowest BCUT2D eigenvalue weighted by atomic mass is 9.90. The molecule has 6 nitrogen and oxygen atoms in total. The van der Waals surface area contributed by atoms with Crippen molar-refractivity contribution in [2.24, 2.45) is 0 Å². The number of nitrogens with zero attached hydrogens (tertiary/aromatic N) is 4. The fourth-order valence-corrected chi connectivity index (χ4v) is 4.58. The lowest BCUT2D eigenvalue weighted by molar-refractivity contribution is 0.0684. The Morgan fingerprint density at radius 2 is 2.03 bits per heavy atom. The summed E-state index contributed by atoms with van der Waals surface area (Å²) in [5.41, 5.74) is 2.84. The van der Waals surface area contributed by atoms with Crippen LogP contribution >= 0.6 is 0 Å². The number of hydrogen-bond donors (Lipinski definition) is 1. The molecular weight excluding hydrogens is 371 g/mol. The zero-order valence-electron chi connectivity index (χ0n) is 16.6. The Kier molecular flexibility index (Phi) is 5.78. The molecule has 0 saturated carbocycles. The molecule has 154 valence electrons. The standard InChI is InChI=1S/C22H27FN4O2/c1-2-9-27-20-8-7-17(14-18(20)21(24-27)22(28)29)26-12-10-25(11-13-26)15-16-5-3-4-6-19(16)23/h2-6,17H,1,7-15H2,(H,28,29)/t17-/m0/s1. The number of aromatic nitrogens is 2. The topological polar surface area (TPSA) is 61.6 Å². The number of piperazine rings is 1. The van der Waals surface area contributed by atoms with Gasteiger partial charge in [-0.2, -0.15) is 5.10 Å². The first kappa shape index (κ1) is 19.8. The quantitative estimate of drug-likeness (QED) is 0.758. The third-order valence-corrected chi connectivity index (χ3v) is 6.10. The maximum Gasteiger partial charge on any atom is 0.356 e. The fraction of sp³-hybridized carbons (Fsp3) is 0.455. The molecule has 0 bridgehead atoms. The molecule has 0 spiro atoms. The van der Waals surface area contributed by atoms with Crippen molar-refractivity contribution in [1.29, 1.82) is 0 Å². The van der Waals surface area contributed by atoms with Gasteiger partial charge < -0.3 is 5.11 Å². The monoisotopic (exact) mass is 398 g/mol. The van der Waals surface area contributed by atoms with Crippen LogP contribution in [0.1, 0.15) is 33.7 Å². The van der Waals surface area contributed by atoms with E-state index in [1.807, 2.05) is 12.1 Å². The number of hydrogen-bond acceptors (Lipinski definition) is 4. The summed E-state index contributed by atoms with van der Waals surface area (Å²) in [7, 11) is 0. The lowest BCUT2D eigenvalue weighted by Crippen LogP contribution is -2.51. The van der Waals surface area contributed by atoms with Gasteiger partial charge in [-0.25, -0.2) is 9.18 Å². The average Bonchev–Trinajstić information content (AvgIpc) is 3.09. The van der Waals surface area contributed by atoms with Crippen LogP contribution in [-0.4, -0.2) is 62.9 Å². The van der Waals surface area contributed by atoms with Crippen molar-refractivity contribution in [1.82, 2.24) is 19.6 Å². The maximum absolute atomic E-state index is 13.9. The van der Waals surface area contributed by atoms with Crippen molar-refractivity contribution in [3.8, 4) is 0 Å². The number of benzene rings is 1. The van der Waals surface area contributed by atoms with Gasteiger partial charge in [-0.1, -0.05) is 24.3 Å². The first-order chi connectivity index (χ1) is 14.1. The minimum Gasteiger partial charge on any atom is -0.476 e. The summed E-state index contributed by atoms with van der Waals surface area (Å²) in [6.45, 7) is 8.52. The Bertz CT molecular complexity index is 902. The highest BCUT2D eigenvalue weighted by atomic mass is 19.1. The molecule has 2 heterocycles. The van der Waals surface area contributed by atoms with Crippen molar-refractivity contribution >= 4 is 5.97 Å². The molecule has 2 aliphatic rings. The lowest BCUT2D eigenvalue weighted by Gasteiger charge is -2.40. The first-order valence-corrected chi connectivity index (χ1v) is 10.2. The molecule has 2 aromatic rings. The minimum absolute atomic E-state index is 0.146. The van der Waals surface area contributed by atoms with Crippen LogP contribution in [0.3, 0.4) is 0 Å². The van der Waals surface area contributed by atoms with Crippen LogP contribution < -0.4 is 0 Å². The van der Waals surface area contributed by atoms with Crippen LogP contribution in [0.2, 0.25) is 0 Å². The summed E-state index contributed by atoms with van der Waals surface area (Å²) in [4.78, 5) is 16.4. The molecule has 0 unspecified atom stereocenters. The molecule has 1 saturated heterocycles. The van der Waals surface area contributed by atoms with Gasteiger partial charge in [0.2, 0.25) is 0 Å². The summed E-state index contributed by atoms with van der Waals surface area (Å²) in [6.07, 6.45) is 4.31. The van der Waals surface area contributed by atoms with Crippen molar-refractivity contribution in [2.75, 3.05) is 26.2 Å². The highest BCUT2D eigenvalue weighted by Crippen LogP contribution is 2.28. The van der Waals surface area contributed by atoms with E-state index in [2.05, 4.69) is 21.5 Å². The average molecular weight is 398 g/mol. The van der Waals surface area contributed by atoms with Gasteiger partial charge in [-0.3, -0.25) is 14.5 Å². The Hall–Kier alpha value is -2.51. The summed E-state index contributed by atoms with van der Waals surface area (Å²) < 4.78 is 15.7. The predicted molar refractivity (Wildman–Crippen MR) is 108 cm³/mol. The Morgan fingerprint density at radius 1 is 1.28 bits per heavy atom. The third kappa shape index (κ3) is 4.11. The highest BCUT2D eigenvalue weighted by Gasteiger charge is 2.32. The second-order valence-electron chi connectivity index (χ2n) is 7.85. The molecule has 29 heavy (non-hydrogen) atoms. The number of fused-ring (bicyclic) bond motifs is 1. The van der Waals surface area contributed by atoms with Crippen molar-refractivity contribution < 1.29 is 14.3 Å². The Labute approximate surface area is 170 Å². The molecule has 0 amide bonds. The maximum atomic E-state index is 13.9. The van der Waals surface area contributed by atoms with E-state index in [4.69, 9.17) is 0 Å². The van der Waals surface area contributed by atoms with Gasteiger partial charge in [0, 0.05) is 55.6 Å². The number of carboxylic acids is 1. The number of halogens is 1. The van der Waals surface area contributed by atoms with Crippen LogP contribution in [0.25, 0.3) is 0 Å². The minimum atomic E-state index is -0.959. The van der Waals surface area contributed by atoms with E-state index in [-0.39, 0.29) is 11.5 Å². The third-order valence-electron chi connectivity index (χ3n) is 6.10. The van der Waals surface area contributed by atoms with Crippen LogP contribution in [0.5, 0.6) is 0 Å². The van der Waals surface area contributed by atoms with Gasteiger partial charge in [0.15, 0.2) is 5.69 Å². The van der Waals surface area contributed by atoms with Gasteiger partial charge in [0.1, 0.15) is 5.82 Å². The predicted octanol–water partition coefficient (Wildman–Crippen LogP) is 2.58. The second-order valence-corrected chi connectivity index (χ2v) is 7.85. The van der Waals surface area contributed by atoms with E-state index in [0.717, 1.165) is 62.3 Å². The number of allylic oxidation sites excluding steroid dienone is 1. The molecule has 1 fully saturated rings. The van der Waals surface area contributed by atoms with Gasteiger partial charge in [-0.05, 0) is 25.3 Å². The normalized spacial score (nSPS) is 20.4. The van der Waals surface area contributed by atoms with Gasteiger partial charge in [0.05, 0.1) is 6.54 Å². The fourth-order valence-electron chi connectivity index (χ4n) is 4.58. The second kappa shape index (κ2) is 8.47. The molecule has 1 atom stereocenters. The Morgan fingerprint density at radius 3 is 2.72 bits per heavy atom. The van der Waals surface area contributed by atoms with E-state index >= 15 is 0 Å². The number of carbonyl (C=O) groups is 1. The van der Waals surface area contributed by atoms with Gasteiger partial charge in [-0.15, -0.1) is 6.58 Å². The molecule has 1 aromatic carbocycles. The van der Waals surface area contributed by atoms with E-state index in [1.165, 1.54) is 6.07 Å². The van der Waals surface area contributed by atoms with Crippen molar-refractivity contribution in [3.05, 3.63) is 65.3 Å². The molecular formula is C22H27FN4O2.